The van der Waals surface area contributed by atoms with Crippen LogP contribution in [-0.4, -0.2) is 39.6 Å². The Morgan fingerprint density at radius 2 is 2.29 bits per heavy atom. The SMILES string of the molecule is COC(=O)[C@]1(C)CC(n2cc(C)c(=O)[nH]c2=O)S[C@@H]1CO. The molecule has 0 spiro atoms. The molecule has 0 bridgehead atoms. The van der Waals surface area contributed by atoms with E-state index < -0.39 is 22.6 Å². The van der Waals surface area contributed by atoms with Crippen molar-refractivity contribution in [3.8, 4) is 0 Å². The molecule has 116 valence electrons. The second-order valence-electron chi connectivity index (χ2n) is 5.35. The molecule has 1 saturated heterocycles. The normalized spacial score (nSPS) is 28.6. The summed E-state index contributed by atoms with van der Waals surface area (Å²) in [6.07, 6.45) is 1.83. The highest BCUT2D eigenvalue weighted by molar-refractivity contribution is 8.00. The molecule has 2 heterocycles. The molecule has 0 aromatic carbocycles. The van der Waals surface area contributed by atoms with Crippen LogP contribution in [0, 0.1) is 12.3 Å². The van der Waals surface area contributed by atoms with Crippen LogP contribution >= 0.6 is 11.8 Å². The van der Waals surface area contributed by atoms with Gasteiger partial charge in [-0.2, -0.15) is 0 Å². The van der Waals surface area contributed by atoms with Crippen molar-refractivity contribution in [1.82, 2.24) is 9.55 Å². The monoisotopic (exact) mass is 314 g/mol. The molecule has 7 nitrogen and oxygen atoms in total. The maximum Gasteiger partial charge on any atom is 0.329 e. The maximum absolute atomic E-state index is 12.0. The van der Waals surface area contributed by atoms with E-state index in [1.54, 1.807) is 13.8 Å². The molecule has 3 atom stereocenters. The molecule has 0 radical (unpaired) electrons. The Balaban J connectivity index is 2.41. The maximum atomic E-state index is 12.0. The minimum Gasteiger partial charge on any atom is -0.469 e. The van der Waals surface area contributed by atoms with Gasteiger partial charge in [0.1, 0.15) is 0 Å². The first-order valence-corrected chi connectivity index (χ1v) is 7.44. The van der Waals surface area contributed by atoms with Gasteiger partial charge in [-0.15, -0.1) is 11.8 Å². The summed E-state index contributed by atoms with van der Waals surface area (Å²) in [5.74, 6) is -0.411. The highest BCUT2D eigenvalue weighted by atomic mass is 32.2. The number of esters is 1. The number of aliphatic hydroxyl groups is 1. The number of aryl methyl sites for hydroxylation is 1. The highest BCUT2D eigenvalue weighted by Gasteiger charge is 2.51. The molecule has 0 saturated carbocycles. The summed E-state index contributed by atoms with van der Waals surface area (Å²) in [5.41, 5.74) is -1.40. The Morgan fingerprint density at radius 1 is 1.62 bits per heavy atom. The zero-order valence-corrected chi connectivity index (χ0v) is 12.9. The number of thioether (sulfide) groups is 1. The smallest absolute Gasteiger partial charge is 0.329 e. The van der Waals surface area contributed by atoms with Gasteiger partial charge in [0, 0.05) is 17.0 Å². The number of hydrogen-bond acceptors (Lipinski definition) is 6. The van der Waals surface area contributed by atoms with Crippen LogP contribution < -0.4 is 11.2 Å². The number of aromatic nitrogens is 2. The van der Waals surface area contributed by atoms with E-state index in [1.165, 1.54) is 29.6 Å². The fourth-order valence-electron chi connectivity index (χ4n) is 2.54. The minimum absolute atomic E-state index is 0.191. The van der Waals surface area contributed by atoms with Gasteiger partial charge < -0.3 is 9.84 Å². The molecule has 1 fully saturated rings. The van der Waals surface area contributed by atoms with Gasteiger partial charge in [0.05, 0.1) is 24.5 Å². The van der Waals surface area contributed by atoms with Gasteiger partial charge >= 0.3 is 11.7 Å². The summed E-state index contributed by atoms with van der Waals surface area (Å²) >= 11 is 1.33. The summed E-state index contributed by atoms with van der Waals surface area (Å²) in [7, 11) is 1.30. The lowest BCUT2D eigenvalue weighted by Gasteiger charge is -2.25. The van der Waals surface area contributed by atoms with Crippen LogP contribution in [0.4, 0.5) is 0 Å². The van der Waals surface area contributed by atoms with Crippen molar-refractivity contribution in [3.05, 3.63) is 32.6 Å². The van der Waals surface area contributed by atoms with Crippen LogP contribution in [0.1, 0.15) is 24.3 Å². The van der Waals surface area contributed by atoms with Gasteiger partial charge in [-0.3, -0.25) is 19.1 Å². The number of aliphatic hydroxyl groups excluding tert-OH is 1. The number of nitrogens with one attached hydrogen (secondary N) is 1. The third kappa shape index (κ3) is 2.65. The number of carbonyl (C=O) groups excluding carboxylic acids is 1. The molecule has 1 aliphatic rings. The standard InChI is InChI=1S/C13H18N2O5S/c1-7-5-15(12(19)14-10(7)17)9-4-13(2,11(18)20-3)8(6-16)21-9/h5,8-9,16H,4,6H2,1-3H3,(H,14,17,19)/t8-,9?,13-/m1/s1. The van der Waals surface area contributed by atoms with Crippen molar-refractivity contribution in [2.24, 2.45) is 5.41 Å². The predicted octanol–water partition coefficient (Wildman–Crippen LogP) is 0.0207. The van der Waals surface area contributed by atoms with Crippen molar-refractivity contribution in [3.63, 3.8) is 0 Å². The van der Waals surface area contributed by atoms with E-state index in [2.05, 4.69) is 4.98 Å². The van der Waals surface area contributed by atoms with Gasteiger partial charge in [-0.1, -0.05) is 0 Å². The van der Waals surface area contributed by atoms with Crippen LogP contribution in [0.25, 0.3) is 0 Å². The Bertz CT molecular complexity index is 667. The number of ether oxygens (including phenoxy) is 1. The van der Waals surface area contributed by atoms with Crippen molar-refractivity contribution in [2.45, 2.75) is 30.9 Å². The third-order valence-corrected chi connectivity index (χ3v) is 5.61. The number of H-pyrrole nitrogens is 1. The van der Waals surface area contributed by atoms with Gasteiger partial charge in [0.25, 0.3) is 5.56 Å². The molecule has 1 aromatic rings. The molecule has 1 unspecified atom stereocenters. The van der Waals surface area contributed by atoms with Gasteiger partial charge in [0.15, 0.2) is 0 Å². The Labute approximate surface area is 125 Å². The Morgan fingerprint density at radius 3 is 2.86 bits per heavy atom. The fraction of sp³-hybridized carbons (Fsp3) is 0.615. The second-order valence-corrected chi connectivity index (χ2v) is 6.74. The second kappa shape index (κ2) is 5.69. The molecule has 21 heavy (non-hydrogen) atoms. The molecule has 1 aliphatic heterocycles. The number of carbonyl (C=O) groups is 1. The first-order chi connectivity index (χ1) is 9.83. The average molecular weight is 314 g/mol. The summed E-state index contributed by atoms with van der Waals surface area (Å²) in [4.78, 5) is 37.6. The van der Waals surface area contributed by atoms with E-state index in [0.717, 1.165) is 0 Å². The predicted molar refractivity (Wildman–Crippen MR) is 78.3 cm³/mol. The van der Waals surface area contributed by atoms with Gasteiger partial charge in [-0.05, 0) is 20.3 Å². The van der Waals surface area contributed by atoms with Crippen molar-refractivity contribution < 1.29 is 14.6 Å². The quantitative estimate of drug-likeness (QED) is 0.763. The van der Waals surface area contributed by atoms with Gasteiger partial charge in [0.2, 0.25) is 0 Å². The summed E-state index contributed by atoms with van der Waals surface area (Å²) < 4.78 is 6.22. The molecule has 2 N–H and O–H groups in total. The zero-order chi connectivity index (χ0) is 15.8. The lowest BCUT2D eigenvalue weighted by atomic mass is 9.83. The topological polar surface area (TPSA) is 101 Å². The van der Waals surface area contributed by atoms with Crippen LogP contribution in [-0.2, 0) is 9.53 Å². The molecule has 1 aromatic heterocycles. The molecule has 2 rings (SSSR count). The minimum atomic E-state index is -0.873. The van der Waals surface area contributed by atoms with Crippen molar-refractivity contribution >= 4 is 17.7 Å². The van der Waals surface area contributed by atoms with Crippen LogP contribution in [0.15, 0.2) is 15.8 Å². The molecular formula is C13H18N2O5S. The van der Waals surface area contributed by atoms with E-state index in [1.807, 2.05) is 0 Å². The van der Waals surface area contributed by atoms with E-state index in [-0.39, 0.29) is 17.2 Å². The van der Waals surface area contributed by atoms with Crippen LogP contribution in [0.3, 0.4) is 0 Å². The number of hydrogen-bond donors (Lipinski definition) is 2. The fourth-order valence-corrected chi connectivity index (χ4v) is 4.23. The van der Waals surface area contributed by atoms with E-state index >= 15 is 0 Å². The van der Waals surface area contributed by atoms with E-state index in [9.17, 15) is 19.5 Å². The average Bonchev–Trinajstić information content (AvgIpc) is 2.80. The Hall–Kier alpha value is -1.54. The van der Waals surface area contributed by atoms with Crippen LogP contribution in [0.2, 0.25) is 0 Å². The van der Waals surface area contributed by atoms with E-state index in [4.69, 9.17) is 4.74 Å². The first kappa shape index (κ1) is 15.8. The first-order valence-electron chi connectivity index (χ1n) is 6.50. The number of rotatable bonds is 3. The number of aromatic amines is 1. The molecule has 8 heteroatoms. The third-order valence-electron chi connectivity index (χ3n) is 3.90. The molecular weight excluding hydrogens is 296 g/mol. The summed E-state index contributed by atoms with van der Waals surface area (Å²) in [6, 6.07) is 0. The van der Waals surface area contributed by atoms with Crippen molar-refractivity contribution in [2.75, 3.05) is 13.7 Å². The molecule has 0 amide bonds. The highest BCUT2D eigenvalue weighted by Crippen LogP contribution is 2.52. The lowest BCUT2D eigenvalue weighted by Crippen LogP contribution is -2.38. The summed E-state index contributed by atoms with van der Waals surface area (Å²) in [5, 5.41) is 8.80. The lowest BCUT2D eigenvalue weighted by molar-refractivity contribution is -0.152. The van der Waals surface area contributed by atoms with Crippen molar-refractivity contribution in [1.29, 1.82) is 0 Å². The van der Waals surface area contributed by atoms with Gasteiger partial charge in [-0.25, -0.2) is 4.79 Å². The number of methoxy groups -OCH3 is 1. The largest absolute Gasteiger partial charge is 0.469 e. The summed E-state index contributed by atoms with van der Waals surface area (Å²) in [6.45, 7) is 3.14. The Kier molecular flexibility index (Phi) is 4.29. The molecule has 0 aliphatic carbocycles. The van der Waals surface area contributed by atoms with Crippen LogP contribution in [0.5, 0.6) is 0 Å². The van der Waals surface area contributed by atoms with E-state index in [0.29, 0.717) is 12.0 Å². The zero-order valence-electron chi connectivity index (χ0n) is 12.1. The number of nitrogens with zero attached hydrogens (tertiary/aromatic N) is 1.